The summed E-state index contributed by atoms with van der Waals surface area (Å²) >= 11 is 6.01. The van der Waals surface area contributed by atoms with Crippen molar-refractivity contribution in [2.45, 2.75) is 13.2 Å². The van der Waals surface area contributed by atoms with E-state index in [1.165, 1.54) is 0 Å². The number of anilines is 1. The van der Waals surface area contributed by atoms with Crippen LogP contribution in [-0.4, -0.2) is 22.8 Å². The molecule has 0 bridgehead atoms. The van der Waals surface area contributed by atoms with Crippen LogP contribution in [0.2, 0.25) is 5.02 Å². The molecule has 0 saturated carbocycles. The van der Waals surface area contributed by atoms with Crippen molar-refractivity contribution < 1.29 is 18.7 Å². The second-order valence-electron chi connectivity index (χ2n) is 6.74. The maximum Gasteiger partial charge on any atom is 0.291 e. The number of benzene rings is 2. The van der Waals surface area contributed by atoms with Crippen LogP contribution in [0, 0.1) is 0 Å². The second-order valence-corrected chi connectivity index (χ2v) is 7.18. The standard InChI is InChI=1S/C23H20ClN3O4/c1-29-19-5-7-20(8-6-19)30-15-21-9-10-22(31-21)23(28)26-18-12-25-27(14-18)13-16-3-2-4-17(24)11-16/h2-12,14H,13,15H2,1H3,(H,26,28). The predicted molar refractivity (Wildman–Crippen MR) is 117 cm³/mol. The van der Waals surface area contributed by atoms with E-state index in [4.69, 9.17) is 25.5 Å². The van der Waals surface area contributed by atoms with Crippen LogP contribution < -0.4 is 14.8 Å². The minimum absolute atomic E-state index is 0.191. The van der Waals surface area contributed by atoms with Gasteiger partial charge in [0.25, 0.3) is 5.91 Å². The van der Waals surface area contributed by atoms with Gasteiger partial charge in [0, 0.05) is 11.2 Å². The van der Waals surface area contributed by atoms with Crippen molar-refractivity contribution in [3.8, 4) is 11.5 Å². The highest BCUT2D eigenvalue weighted by Crippen LogP contribution is 2.19. The Morgan fingerprint density at radius 3 is 2.71 bits per heavy atom. The quantitative estimate of drug-likeness (QED) is 0.419. The molecule has 8 heteroatoms. The number of methoxy groups -OCH3 is 1. The molecule has 0 radical (unpaired) electrons. The van der Waals surface area contributed by atoms with Crippen molar-refractivity contribution >= 4 is 23.2 Å². The van der Waals surface area contributed by atoms with E-state index < -0.39 is 0 Å². The van der Waals surface area contributed by atoms with E-state index >= 15 is 0 Å². The smallest absolute Gasteiger partial charge is 0.291 e. The molecule has 158 valence electrons. The van der Waals surface area contributed by atoms with Crippen molar-refractivity contribution in [3.05, 3.63) is 95.2 Å². The molecule has 0 fully saturated rings. The molecule has 31 heavy (non-hydrogen) atoms. The van der Waals surface area contributed by atoms with Gasteiger partial charge in [-0.2, -0.15) is 5.10 Å². The van der Waals surface area contributed by atoms with Gasteiger partial charge in [0.15, 0.2) is 5.76 Å². The topological polar surface area (TPSA) is 78.5 Å². The summed E-state index contributed by atoms with van der Waals surface area (Å²) in [5, 5.41) is 7.72. The molecular formula is C23H20ClN3O4. The summed E-state index contributed by atoms with van der Waals surface area (Å²) in [5.74, 6) is 1.79. The molecule has 1 N–H and O–H groups in total. The van der Waals surface area contributed by atoms with Crippen molar-refractivity contribution in [2.24, 2.45) is 0 Å². The Labute approximate surface area is 184 Å². The van der Waals surface area contributed by atoms with Crippen LogP contribution >= 0.6 is 11.6 Å². The maximum atomic E-state index is 12.5. The van der Waals surface area contributed by atoms with Crippen molar-refractivity contribution in [1.29, 1.82) is 0 Å². The van der Waals surface area contributed by atoms with E-state index in [1.807, 2.05) is 36.4 Å². The predicted octanol–water partition coefficient (Wildman–Crippen LogP) is 5.02. The summed E-state index contributed by atoms with van der Waals surface area (Å²) in [5.41, 5.74) is 1.58. The third-order valence-corrected chi connectivity index (χ3v) is 4.69. The van der Waals surface area contributed by atoms with Gasteiger partial charge in [0.1, 0.15) is 23.9 Å². The normalized spacial score (nSPS) is 10.6. The molecule has 2 aromatic heterocycles. The van der Waals surface area contributed by atoms with Crippen molar-refractivity contribution in [3.63, 3.8) is 0 Å². The first kappa shape index (κ1) is 20.6. The van der Waals surface area contributed by atoms with Crippen LogP contribution in [0.15, 0.2) is 77.5 Å². The lowest BCUT2D eigenvalue weighted by atomic mass is 10.2. The third kappa shape index (κ3) is 5.46. The van der Waals surface area contributed by atoms with Crippen LogP contribution in [0.4, 0.5) is 5.69 Å². The van der Waals surface area contributed by atoms with E-state index in [2.05, 4.69) is 10.4 Å². The van der Waals surface area contributed by atoms with Gasteiger partial charge in [-0.3, -0.25) is 9.48 Å². The molecule has 0 spiro atoms. The highest BCUT2D eigenvalue weighted by atomic mass is 35.5. The fourth-order valence-corrected chi connectivity index (χ4v) is 3.15. The first-order chi connectivity index (χ1) is 15.1. The molecular weight excluding hydrogens is 418 g/mol. The van der Waals surface area contributed by atoms with Crippen molar-refractivity contribution in [1.82, 2.24) is 9.78 Å². The molecule has 1 amide bonds. The summed E-state index contributed by atoms with van der Waals surface area (Å²) < 4.78 is 18.1. The lowest BCUT2D eigenvalue weighted by molar-refractivity contribution is 0.0992. The van der Waals surface area contributed by atoms with E-state index in [1.54, 1.807) is 48.5 Å². The van der Waals surface area contributed by atoms with E-state index in [-0.39, 0.29) is 18.3 Å². The van der Waals surface area contributed by atoms with Gasteiger partial charge in [-0.15, -0.1) is 0 Å². The monoisotopic (exact) mass is 437 g/mol. The van der Waals surface area contributed by atoms with Gasteiger partial charge in [0.2, 0.25) is 0 Å². The summed E-state index contributed by atoms with van der Waals surface area (Å²) in [7, 11) is 1.61. The van der Waals surface area contributed by atoms with Crippen LogP contribution in [0.1, 0.15) is 21.9 Å². The molecule has 0 aliphatic rings. The average molecular weight is 438 g/mol. The second kappa shape index (κ2) is 9.40. The minimum atomic E-state index is -0.363. The van der Waals surface area contributed by atoms with E-state index in [0.29, 0.717) is 28.8 Å². The molecule has 0 atom stereocenters. The Morgan fingerprint density at radius 2 is 1.94 bits per heavy atom. The minimum Gasteiger partial charge on any atom is -0.497 e. The van der Waals surface area contributed by atoms with Gasteiger partial charge in [0.05, 0.1) is 25.5 Å². The molecule has 0 aliphatic heterocycles. The molecule has 2 aromatic carbocycles. The Hall–Kier alpha value is -3.71. The number of rotatable bonds is 8. The number of hydrogen-bond acceptors (Lipinski definition) is 5. The third-order valence-electron chi connectivity index (χ3n) is 4.45. The van der Waals surface area contributed by atoms with Gasteiger partial charge >= 0.3 is 0 Å². The highest BCUT2D eigenvalue weighted by Gasteiger charge is 2.13. The summed E-state index contributed by atoms with van der Waals surface area (Å²) in [6.07, 6.45) is 3.33. The number of amides is 1. The summed E-state index contributed by atoms with van der Waals surface area (Å²) in [6.45, 7) is 0.751. The van der Waals surface area contributed by atoms with Gasteiger partial charge in [-0.1, -0.05) is 23.7 Å². The zero-order valence-corrected chi connectivity index (χ0v) is 17.5. The largest absolute Gasteiger partial charge is 0.497 e. The number of carbonyl (C=O) groups excluding carboxylic acids is 1. The van der Waals surface area contributed by atoms with Crippen LogP contribution in [0.25, 0.3) is 0 Å². The Bertz CT molecular complexity index is 1170. The fourth-order valence-electron chi connectivity index (χ4n) is 2.93. The summed E-state index contributed by atoms with van der Waals surface area (Å²) in [6, 6.07) is 18.1. The van der Waals surface area contributed by atoms with Gasteiger partial charge in [-0.25, -0.2) is 0 Å². The number of aromatic nitrogens is 2. The molecule has 7 nitrogen and oxygen atoms in total. The van der Waals surface area contributed by atoms with Crippen molar-refractivity contribution in [2.75, 3.05) is 12.4 Å². The number of furan rings is 1. The number of halogens is 1. The lowest BCUT2D eigenvalue weighted by Gasteiger charge is -2.05. The molecule has 0 saturated heterocycles. The first-order valence-corrected chi connectivity index (χ1v) is 9.90. The Kier molecular flexibility index (Phi) is 6.24. The maximum absolute atomic E-state index is 12.5. The fraction of sp³-hybridized carbons (Fsp3) is 0.130. The number of nitrogens with one attached hydrogen (secondary N) is 1. The summed E-state index contributed by atoms with van der Waals surface area (Å²) in [4.78, 5) is 12.5. The molecule has 0 unspecified atom stereocenters. The van der Waals surface area contributed by atoms with E-state index in [0.717, 1.165) is 11.3 Å². The number of carbonyl (C=O) groups is 1. The number of nitrogens with zero attached hydrogens (tertiary/aromatic N) is 2. The highest BCUT2D eigenvalue weighted by molar-refractivity contribution is 6.30. The van der Waals surface area contributed by atoms with Crippen LogP contribution in [0.5, 0.6) is 11.5 Å². The molecule has 2 heterocycles. The molecule has 4 aromatic rings. The van der Waals surface area contributed by atoms with E-state index in [9.17, 15) is 4.79 Å². The van der Waals surface area contributed by atoms with Gasteiger partial charge in [-0.05, 0) is 54.1 Å². The lowest BCUT2D eigenvalue weighted by Crippen LogP contribution is -2.10. The first-order valence-electron chi connectivity index (χ1n) is 9.53. The average Bonchev–Trinajstić information content (AvgIpc) is 3.42. The van der Waals surface area contributed by atoms with Crippen LogP contribution in [0.3, 0.4) is 0 Å². The van der Waals surface area contributed by atoms with Gasteiger partial charge < -0.3 is 19.2 Å². The van der Waals surface area contributed by atoms with Crippen LogP contribution in [-0.2, 0) is 13.2 Å². The SMILES string of the molecule is COc1ccc(OCc2ccc(C(=O)Nc3cnn(Cc4cccc(Cl)c4)c3)o2)cc1. The zero-order valence-electron chi connectivity index (χ0n) is 16.7. The number of ether oxygens (including phenoxy) is 2. The Balaban J connectivity index is 1.32. The molecule has 4 rings (SSSR count). The zero-order chi connectivity index (χ0) is 21.6. The number of hydrogen-bond donors (Lipinski definition) is 1. The Morgan fingerprint density at radius 1 is 1.13 bits per heavy atom. The molecule has 0 aliphatic carbocycles.